The van der Waals surface area contributed by atoms with E-state index < -0.39 is 0 Å². The van der Waals surface area contributed by atoms with E-state index in [9.17, 15) is 4.39 Å². The number of nitrogens with zero attached hydrogens (tertiary/aromatic N) is 1. The summed E-state index contributed by atoms with van der Waals surface area (Å²) in [6.45, 7) is 4.32. The van der Waals surface area contributed by atoms with Crippen molar-refractivity contribution in [2.75, 3.05) is 13.1 Å². The van der Waals surface area contributed by atoms with Gasteiger partial charge in [-0.3, -0.25) is 0 Å². The zero-order valence-corrected chi connectivity index (χ0v) is 8.80. The lowest BCUT2D eigenvalue weighted by molar-refractivity contribution is 0.233. The summed E-state index contributed by atoms with van der Waals surface area (Å²) >= 11 is 0. The van der Waals surface area contributed by atoms with E-state index in [-0.39, 0.29) is 5.83 Å². The molecule has 2 heteroatoms. The van der Waals surface area contributed by atoms with Gasteiger partial charge >= 0.3 is 0 Å². The van der Waals surface area contributed by atoms with E-state index in [4.69, 9.17) is 0 Å². The van der Waals surface area contributed by atoms with Gasteiger partial charge in [-0.2, -0.15) is 0 Å². The van der Waals surface area contributed by atoms with Crippen molar-refractivity contribution in [1.82, 2.24) is 4.90 Å². The van der Waals surface area contributed by atoms with Crippen molar-refractivity contribution in [2.45, 2.75) is 32.6 Å². The first-order valence-corrected chi connectivity index (χ1v) is 5.58. The second-order valence-electron chi connectivity index (χ2n) is 4.39. The Morgan fingerprint density at radius 1 is 1.21 bits per heavy atom. The number of hydrogen-bond donors (Lipinski definition) is 0. The van der Waals surface area contributed by atoms with Crippen LogP contribution < -0.4 is 0 Å². The Kier molecular flexibility index (Phi) is 2.90. The predicted octanol–water partition coefficient (Wildman–Crippen LogP) is 3.25. The first kappa shape index (κ1) is 9.75. The molecule has 0 bridgehead atoms. The highest BCUT2D eigenvalue weighted by atomic mass is 19.1. The highest BCUT2D eigenvalue weighted by Crippen LogP contribution is 2.27. The fourth-order valence-electron chi connectivity index (χ4n) is 2.16. The molecule has 1 heterocycles. The van der Waals surface area contributed by atoms with E-state index in [2.05, 4.69) is 11.8 Å². The molecule has 1 nitrogen and oxygen atoms in total. The largest absolute Gasteiger partial charge is 0.369 e. The van der Waals surface area contributed by atoms with Crippen LogP contribution >= 0.6 is 0 Å². The zero-order chi connectivity index (χ0) is 9.97. The van der Waals surface area contributed by atoms with Gasteiger partial charge in [0.25, 0.3) is 0 Å². The molecule has 0 saturated carbocycles. The van der Waals surface area contributed by atoms with E-state index >= 15 is 0 Å². The number of likely N-dealkylation sites (tertiary alicyclic amines) is 1. The highest BCUT2D eigenvalue weighted by molar-refractivity contribution is 5.27. The number of allylic oxidation sites excluding steroid dienone is 3. The van der Waals surface area contributed by atoms with Crippen LogP contribution in [0.1, 0.15) is 32.6 Å². The Morgan fingerprint density at radius 2 is 1.86 bits per heavy atom. The predicted molar refractivity (Wildman–Crippen MR) is 56.5 cm³/mol. The Morgan fingerprint density at radius 3 is 2.50 bits per heavy atom. The molecule has 14 heavy (non-hydrogen) atoms. The summed E-state index contributed by atoms with van der Waals surface area (Å²) in [5, 5.41) is 0. The maximum Gasteiger partial charge on any atom is 0.142 e. The summed E-state index contributed by atoms with van der Waals surface area (Å²) in [5.74, 6) is 0.799. The normalized spacial score (nSPS) is 24.6. The van der Waals surface area contributed by atoms with Crippen LogP contribution in [0.25, 0.3) is 0 Å². The fourth-order valence-corrected chi connectivity index (χ4v) is 2.16. The molecule has 0 spiro atoms. The second-order valence-corrected chi connectivity index (χ2v) is 4.39. The molecule has 1 aliphatic heterocycles. The van der Waals surface area contributed by atoms with Crippen molar-refractivity contribution < 1.29 is 4.39 Å². The SMILES string of the molecule is CC1CCN(C2=CCCC=C2F)CC1. The fraction of sp³-hybridized carbons (Fsp3) is 0.667. The minimum Gasteiger partial charge on any atom is -0.369 e. The van der Waals surface area contributed by atoms with Crippen molar-refractivity contribution in [3.8, 4) is 0 Å². The van der Waals surface area contributed by atoms with Crippen LogP contribution in [0.5, 0.6) is 0 Å². The van der Waals surface area contributed by atoms with Crippen LogP contribution in [-0.4, -0.2) is 18.0 Å². The first-order chi connectivity index (χ1) is 6.77. The number of rotatable bonds is 1. The minimum absolute atomic E-state index is 0.00852. The average molecular weight is 195 g/mol. The Hall–Kier alpha value is -0.790. The summed E-state index contributed by atoms with van der Waals surface area (Å²) in [5.41, 5.74) is 0.850. The van der Waals surface area contributed by atoms with Crippen LogP contribution in [0.3, 0.4) is 0 Å². The summed E-state index contributed by atoms with van der Waals surface area (Å²) in [6, 6.07) is 0. The molecule has 0 amide bonds. The summed E-state index contributed by atoms with van der Waals surface area (Å²) in [4.78, 5) is 2.20. The van der Waals surface area contributed by atoms with Gasteiger partial charge in [0.05, 0.1) is 5.70 Å². The maximum atomic E-state index is 13.5. The molecule has 1 fully saturated rings. The molecule has 0 radical (unpaired) electrons. The molecule has 0 atom stereocenters. The lowest BCUT2D eigenvalue weighted by atomic mass is 9.98. The third kappa shape index (κ3) is 1.99. The molecule has 2 rings (SSSR count). The van der Waals surface area contributed by atoms with Crippen LogP contribution in [0, 0.1) is 5.92 Å². The van der Waals surface area contributed by atoms with Gasteiger partial charge in [-0.05, 0) is 37.7 Å². The monoisotopic (exact) mass is 195 g/mol. The van der Waals surface area contributed by atoms with Crippen LogP contribution in [0.2, 0.25) is 0 Å². The zero-order valence-electron chi connectivity index (χ0n) is 8.80. The third-order valence-corrected chi connectivity index (χ3v) is 3.20. The molecule has 0 unspecified atom stereocenters. The molecule has 0 aromatic carbocycles. The summed E-state index contributed by atoms with van der Waals surface area (Å²) in [6.07, 6.45) is 8.02. The molecular weight excluding hydrogens is 177 g/mol. The molecule has 0 aromatic rings. The topological polar surface area (TPSA) is 3.24 Å². The molecule has 1 saturated heterocycles. The van der Waals surface area contributed by atoms with E-state index in [1.54, 1.807) is 6.08 Å². The molecule has 1 aliphatic carbocycles. The third-order valence-electron chi connectivity index (χ3n) is 3.20. The number of halogens is 1. The average Bonchev–Trinajstić information content (AvgIpc) is 2.20. The van der Waals surface area contributed by atoms with Gasteiger partial charge in [0.1, 0.15) is 5.83 Å². The van der Waals surface area contributed by atoms with Gasteiger partial charge in [0, 0.05) is 13.1 Å². The Labute approximate surface area is 85.3 Å². The summed E-state index contributed by atoms with van der Waals surface area (Å²) < 4.78 is 13.5. The van der Waals surface area contributed by atoms with Crippen LogP contribution in [-0.2, 0) is 0 Å². The van der Waals surface area contributed by atoms with Gasteiger partial charge in [0.2, 0.25) is 0 Å². The van der Waals surface area contributed by atoms with Crippen molar-refractivity contribution in [2.24, 2.45) is 5.92 Å². The van der Waals surface area contributed by atoms with Crippen molar-refractivity contribution in [1.29, 1.82) is 0 Å². The van der Waals surface area contributed by atoms with Gasteiger partial charge in [0.15, 0.2) is 0 Å². The van der Waals surface area contributed by atoms with Crippen molar-refractivity contribution >= 4 is 0 Å². The van der Waals surface area contributed by atoms with E-state index in [0.717, 1.165) is 37.5 Å². The van der Waals surface area contributed by atoms with E-state index in [1.165, 1.54) is 12.8 Å². The minimum atomic E-state index is -0.00852. The van der Waals surface area contributed by atoms with Gasteiger partial charge < -0.3 is 4.90 Å². The van der Waals surface area contributed by atoms with Crippen LogP contribution in [0.15, 0.2) is 23.7 Å². The molecule has 2 aliphatic rings. The van der Waals surface area contributed by atoms with E-state index in [1.807, 2.05) is 6.08 Å². The number of hydrogen-bond acceptors (Lipinski definition) is 1. The smallest absolute Gasteiger partial charge is 0.142 e. The summed E-state index contributed by atoms with van der Waals surface area (Å²) in [7, 11) is 0. The molecule has 0 aromatic heterocycles. The Balaban J connectivity index is 2.01. The molecule has 0 N–H and O–H groups in total. The van der Waals surface area contributed by atoms with Crippen molar-refractivity contribution in [3.63, 3.8) is 0 Å². The quantitative estimate of drug-likeness (QED) is 0.620. The van der Waals surface area contributed by atoms with Gasteiger partial charge in [-0.15, -0.1) is 0 Å². The van der Waals surface area contributed by atoms with Crippen LogP contribution in [0.4, 0.5) is 4.39 Å². The van der Waals surface area contributed by atoms with E-state index in [0.29, 0.717) is 0 Å². The molecular formula is C12H18FN. The van der Waals surface area contributed by atoms with Gasteiger partial charge in [-0.1, -0.05) is 13.0 Å². The molecule has 78 valence electrons. The first-order valence-electron chi connectivity index (χ1n) is 5.58. The highest BCUT2D eigenvalue weighted by Gasteiger charge is 2.20. The number of piperidine rings is 1. The lowest BCUT2D eigenvalue weighted by Gasteiger charge is -2.34. The Bertz CT molecular complexity index is 259. The van der Waals surface area contributed by atoms with Crippen molar-refractivity contribution in [3.05, 3.63) is 23.7 Å². The maximum absolute atomic E-state index is 13.5. The second kappa shape index (κ2) is 4.16. The van der Waals surface area contributed by atoms with Gasteiger partial charge in [-0.25, -0.2) is 4.39 Å². The standard InChI is InChI=1S/C12H18FN/c1-10-6-8-14(9-7-10)12-5-3-2-4-11(12)13/h4-5,10H,2-3,6-9H2,1H3. The lowest BCUT2D eigenvalue weighted by Crippen LogP contribution is -2.32.